The monoisotopic (exact) mass is 230 g/mol. The second-order valence-corrected chi connectivity index (χ2v) is 4.35. The van der Waals surface area contributed by atoms with E-state index in [0.717, 1.165) is 24.4 Å². The van der Waals surface area contributed by atoms with Gasteiger partial charge in [0.2, 0.25) is 5.91 Å². The topological polar surface area (TPSA) is 64.2 Å². The average molecular weight is 230 g/mol. The molecule has 1 amide bonds. The Bertz CT molecular complexity index is 575. The summed E-state index contributed by atoms with van der Waals surface area (Å²) in [5.41, 5.74) is 7.40. The van der Waals surface area contributed by atoms with Crippen molar-refractivity contribution in [3.63, 3.8) is 0 Å². The van der Waals surface area contributed by atoms with Gasteiger partial charge in [0.05, 0.1) is 24.1 Å². The van der Waals surface area contributed by atoms with Gasteiger partial charge in [0, 0.05) is 13.1 Å². The van der Waals surface area contributed by atoms with E-state index in [1.807, 2.05) is 23.1 Å². The van der Waals surface area contributed by atoms with Gasteiger partial charge in [-0.1, -0.05) is 12.1 Å². The van der Waals surface area contributed by atoms with Crippen LogP contribution in [0.1, 0.15) is 5.82 Å². The van der Waals surface area contributed by atoms with Crippen LogP contribution in [0.15, 0.2) is 24.3 Å². The molecular formula is C12H14N4O. The predicted molar refractivity (Wildman–Crippen MR) is 64.2 cm³/mol. The fraction of sp³-hybridized carbons (Fsp3) is 0.333. The van der Waals surface area contributed by atoms with Crippen molar-refractivity contribution in [1.29, 1.82) is 0 Å². The molecule has 0 bridgehead atoms. The van der Waals surface area contributed by atoms with Crippen LogP contribution < -0.4 is 5.73 Å². The molecule has 5 nitrogen and oxygen atoms in total. The van der Waals surface area contributed by atoms with Crippen molar-refractivity contribution in [3.8, 4) is 0 Å². The summed E-state index contributed by atoms with van der Waals surface area (Å²) in [5.74, 6) is 0.730. The fourth-order valence-corrected chi connectivity index (χ4v) is 2.37. The third kappa shape index (κ3) is 1.78. The van der Waals surface area contributed by atoms with E-state index in [4.69, 9.17) is 5.73 Å². The lowest BCUT2D eigenvalue weighted by atomic mass is 10.3. The smallest absolute Gasteiger partial charge is 0.231 e. The first-order valence-electron chi connectivity index (χ1n) is 5.69. The Labute approximate surface area is 98.8 Å². The van der Waals surface area contributed by atoms with E-state index in [1.165, 1.54) is 5.52 Å². The maximum Gasteiger partial charge on any atom is 0.231 e. The molecule has 0 unspecified atom stereocenters. The number of hydrogen-bond donors (Lipinski definition) is 1. The number of aromatic nitrogens is 2. The van der Waals surface area contributed by atoms with E-state index < -0.39 is 0 Å². The maximum atomic E-state index is 10.9. The predicted octanol–water partition coefficient (Wildman–Crippen LogP) is 0.337. The van der Waals surface area contributed by atoms with Gasteiger partial charge in [-0.15, -0.1) is 0 Å². The van der Waals surface area contributed by atoms with Gasteiger partial charge in [-0.3, -0.25) is 9.69 Å². The van der Waals surface area contributed by atoms with Crippen LogP contribution in [0.2, 0.25) is 0 Å². The van der Waals surface area contributed by atoms with Crippen LogP contribution >= 0.6 is 0 Å². The highest BCUT2D eigenvalue weighted by Crippen LogP contribution is 2.20. The molecular weight excluding hydrogens is 216 g/mol. The molecule has 1 aliphatic rings. The number of hydrogen-bond acceptors (Lipinski definition) is 3. The van der Waals surface area contributed by atoms with Gasteiger partial charge < -0.3 is 10.3 Å². The van der Waals surface area contributed by atoms with E-state index in [0.29, 0.717) is 13.1 Å². The van der Waals surface area contributed by atoms with Crippen LogP contribution in [0.3, 0.4) is 0 Å². The molecule has 1 aromatic carbocycles. The van der Waals surface area contributed by atoms with Gasteiger partial charge in [-0.05, 0) is 12.1 Å². The highest BCUT2D eigenvalue weighted by atomic mass is 16.1. The molecule has 2 aromatic rings. The van der Waals surface area contributed by atoms with Crippen LogP contribution in [0.25, 0.3) is 11.0 Å². The van der Waals surface area contributed by atoms with E-state index in [1.54, 1.807) is 0 Å². The van der Waals surface area contributed by atoms with Gasteiger partial charge in [0.25, 0.3) is 0 Å². The van der Waals surface area contributed by atoms with E-state index in [9.17, 15) is 4.79 Å². The Balaban J connectivity index is 1.95. The SMILES string of the molecule is NC(=O)CN1CCn2c(nc3ccccc32)C1. The zero-order chi connectivity index (χ0) is 11.8. The van der Waals surface area contributed by atoms with Crippen LogP contribution in [0.4, 0.5) is 0 Å². The molecule has 0 spiro atoms. The summed E-state index contributed by atoms with van der Waals surface area (Å²) >= 11 is 0. The molecule has 2 heterocycles. The summed E-state index contributed by atoms with van der Waals surface area (Å²) in [6, 6.07) is 8.10. The number of nitrogens with two attached hydrogens (primary N) is 1. The number of primary amides is 1. The molecule has 5 heteroatoms. The normalized spacial score (nSPS) is 16.0. The number of nitrogens with zero attached hydrogens (tertiary/aromatic N) is 3. The van der Waals surface area contributed by atoms with E-state index in [2.05, 4.69) is 15.6 Å². The molecule has 1 aromatic heterocycles. The number of carbonyl (C=O) groups is 1. The standard InChI is InChI=1S/C12H14N4O/c13-11(17)7-15-5-6-16-10-4-2-1-3-9(10)14-12(16)8-15/h1-4H,5-8H2,(H2,13,17). The average Bonchev–Trinajstić information content (AvgIpc) is 2.65. The quantitative estimate of drug-likeness (QED) is 0.809. The van der Waals surface area contributed by atoms with E-state index >= 15 is 0 Å². The Morgan fingerprint density at radius 3 is 3.00 bits per heavy atom. The first-order valence-corrected chi connectivity index (χ1v) is 5.69. The highest BCUT2D eigenvalue weighted by molar-refractivity contribution is 5.77. The molecule has 3 rings (SSSR count). The van der Waals surface area contributed by atoms with Crippen LogP contribution in [0.5, 0.6) is 0 Å². The third-order valence-electron chi connectivity index (χ3n) is 3.12. The number of para-hydroxylation sites is 2. The summed E-state index contributed by atoms with van der Waals surface area (Å²) < 4.78 is 2.22. The minimum absolute atomic E-state index is 0.283. The van der Waals surface area contributed by atoms with Crippen molar-refractivity contribution in [2.45, 2.75) is 13.1 Å². The number of imidazole rings is 1. The molecule has 0 atom stereocenters. The summed E-state index contributed by atoms with van der Waals surface area (Å²) in [5, 5.41) is 0. The van der Waals surface area contributed by atoms with Gasteiger partial charge in [-0.25, -0.2) is 4.98 Å². The van der Waals surface area contributed by atoms with Gasteiger partial charge >= 0.3 is 0 Å². The van der Waals surface area contributed by atoms with Crippen molar-refractivity contribution >= 4 is 16.9 Å². The van der Waals surface area contributed by atoms with Crippen molar-refractivity contribution in [3.05, 3.63) is 30.1 Å². The zero-order valence-corrected chi connectivity index (χ0v) is 9.47. The second kappa shape index (κ2) is 3.85. The molecule has 0 aliphatic carbocycles. The fourth-order valence-electron chi connectivity index (χ4n) is 2.37. The Morgan fingerprint density at radius 2 is 2.18 bits per heavy atom. The van der Waals surface area contributed by atoms with Crippen LogP contribution in [-0.4, -0.2) is 33.4 Å². The minimum Gasteiger partial charge on any atom is -0.369 e. The molecule has 2 N–H and O–H groups in total. The summed E-state index contributed by atoms with van der Waals surface area (Å²) in [6.07, 6.45) is 0. The Kier molecular flexibility index (Phi) is 2.33. The first-order chi connectivity index (χ1) is 8.24. The summed E-state index contributed by atoms with van der Waals surface area (Å²) in [4.78, 5) is 17.5. The Hall–Kier alpha value is -1.88. The lowest BCUT2D eigenvalue weighted by Gasteiger charge is -2.26. The number of benzene rings is 1. The lowest BCUT2D eigenvalue weighted by Crippen LogP contribution is -2.39. The number of amides is 1. The largest absolute Gasteiger partial charge is 0.369 e. The molecule has 88 valence electrons. The molecule has 0 radical (unpaired) electrons. The maximum absolute atomic E-state index is 10.9. The molecule has 0 fully saturated rings. The van der Waals surface area contributed by atoms with Crippen molar-refractivity contribution in [2.24, 2.45) is 5.73 Å². The Morgan fingerprint density at radius 1 is 1.35 bits per heavy atom. The number of carbonyl (C=O) groups excluding carboxylic acids is 1. The minimum atomic E-state index is -0.283. The summed E-state index contributed by atoms with van der Waals surface area (Å²) in [7, 11) is 0. The highest BCUT2D eigenvalue weighted by Gasteiger charge is 2.20. The van der Waals surface area contributed by atoms with Crippen molar-refractivity contribution < 1.29 is 4.79 Å². The second-order valence-electron chi connectivity index (χ2n) is 4.35. The van der Waals surface area contributed by atoms with Crippen molar-refractivity contribution in [2.75, 3.05) is 13.1 Å². The molecule has 17 heavy (non-hydrogen) atoms. The number of fused-ring (bicyclic) bond motifs is 3. The molecule has 0 saturated heterocycles. The number of rotatable bonds is 2. The van der Waals surface area contributed by atoms with Gasteiger partial charge in [-0.2, -0.15) is 0 Å². The van der Waals surface area contributed by atoms with Gasteiger partial charge in [0.15, 0.2) is 0 Å². The molecule has 0 saturated carbocycles. The third-order valence-corrected chi connectivity index (χ3v) is 3.12. The van der Waals surface area contributed by atoms with E-state index in [-0.39, 0.29) is 5.91 Å². The van der Waals surface area contributed by atoms with Crippen LogP contribution in [0, 0.1) is 0 Å². The zero-order valence-electron chi connectivity index (χ0n) is 9.47. The van der Waals surface area contributed by atoms with Gasteiger partial charge in [0.1, 0.15) is 5.82 Å². The van der Waals surface area contributed by atoms with Crippen LogP contribution in [-0.2, 0) is 17.9 Å². The first kappa shape index (κ1) is 10.3. The lowest BCUT2D eigenvalue weighted by molar-refractivity contribution is -0.119. The molecule has 1 aliphatic heterocycles. The summed E-state index contributed by atoms with van der Waals surface area (Å²) in [6.45, 7) is 2.71. The van der Waals surface area contributed by atoms with Crippen molar-refractivity contribution in [1.82, 2.24) is 14.5 Å².